The highest BCUT2D eigenvalue weighted by Gasteiger charge is 2.26. The van der Waals surface area contributed by atoms with Crippen molar-refractivity contribution in [3.63, 3.8) is 0 Å². The molecule has 2 amide bonds. The lowest BCUT2D eigenvalue weighted by atomic mass is 10.0. The molecule has 0 fully saturated rings. The molecule has 1 aromatic carbocycles. The lowest BCUT2D eigenvalue weighted by Crippen LogP contribution is -2.45. The number of carboxylic acids is 1. The number of carbonyl (C=O) groups excluding carboxylic acids is 3. The number of benzene rings is 1. The van der Waals surface area contributed by atoms with E-state index < -0.39 is 23.8 Å². The highest BCUT2D eigenvalue weighted by Crippen LogP contribution is 2.05. The first kappa shape index (κ1) is 21.8. The van der Waals surface area contributed by atoms with E-state index in [1.54, 1.807) is 0 Å². The molecule has 142 valence electrons. The van der Waals surface area contributed by atoms with Crippen LogP contribution in [0.2, 0.25) is 0 Å². The van der Waals surface area contributed by atoms with Gasteiger partial charge in [-0.25, -0.2) is 4.79 Å². The van der Waals surface area contributed by atoms with Crippen molar-refractivity contribution in [2.75, 3.05) is 11.9 Å². The van der Waals surface area contributed by atoms with Gasteiger partial charge in [0.25, 0.3) is 0 Å². The molecule has 0 aromatic heterocycles. The van der Waals surface area contributed by atoms with Crippen LogP contribution in [0, 0.1) is 5.92 Å². The zero-order chi connectivity index (χ0) is 19.5. The lowest BCUT2D eigenvalue weighted by Gasteiger charge is -2.17. The maximum atomic E-state index is 12.1. The van der Waals surface area contributed by atoms with Crippen LogP contribution >= 0.6 is 15.9 Å². The van der Waals surface area contributed by atoms with Gasteiger partial charge in [-0.15, -0.1) is 0 Å². The first-order valence-electron chi connectivity index (χ1n) is 8.25. The zero-order valence-electron chi connectivity index (χ0n) is 14.5. The van der Waals surface area contributed by atoms with E-state index >= 15 is 0 Å². The number of hydrogen-bond acceptors (Lipinski definition) is 4. The van der Waals surface area contributed by atoms with Gasteiger partial charge in [-0.2, -0.15) is 0 Å². The topological polar surface area (TPSA) is 113 Å². The highest BCUT2D eigenvalue weighted by molar-refractivity contribution is 9.09. The molecule has 0 saturated heterocycles. The smallest absolute Gasteiger partial charge is 0.326 e. The third-order valence-corrected chi connectivity index (χ3v) is 4.34. The molecule has 3 N–H and O–H groups in total. The van der Waals surface area contributed by atoms with Crippen molar-refractivity contribution >= 4 is 39.5 Å². The Bertz CT molecular complexity index is 636. The Labute approximate surface area is 160 Å². The minimum Gasteiger partial charge on any atom is -0.480 e. The van der Waals surface area contributed by atoms with Crippen LogP contribution in [0.15, 0.2) is 30.3 Å². The fourth-order valence-electron chi connectivity index (χ4n) is 2.23. The maximum absolute atomic E-state index is 12.1. The summed E-state index contributed by atoms with van der Waals surface area (Å²) < 4.78 is 0. The van der Waals surface area contributed by atoms with Crippen LogP contribution in [0.3, 0.4) is 0 Å². The number of aliphatic carboxylic acids is 1. The predicted octanol–water partition coefficient (Wildman–Crippen LogP) is 1.29. The number of alkyl halides is 1. The molecule has 0 heterocycles. The number of amides is 2. The van der Waals surface area contributed by atoms with Crippen LogP contribution in [0.1, 0.15) is 25.3 Å². The van der Waals surface area contributed by atoms with Gasteiger partial charge in [-0.1, -0.05) is 53.2 Å². The second-order valence-corrected chi connectivity index (χ2v) is 6.53. The van der Waals surface area contributed by atoms with Crippen molar-refractivity contribution < 1.29 is 24.3 Å². The van der Waals surface area contributed by atoms with Crippen molar-refractivity contribution in [1.29, 1.82) is 0 Å². The van der Waals surface area contributed by atoms with Crippen LogP contribution < -0.4 is 10.6 Å². The maximum Gasteiger partial charge on any atom is 0.326 e. The Morgan fingerprint density at radius 1 is 1.12 bits per heavy atom. The van der Waals surface area contributed by atoms with Crippen LogP contribution in [0.5, 0.6) is 0 Å². The quantitative estimate of drug-likeness (QED) is 0.461. The monoisotopic (exact) mass is 426 g/mol. The molecule has 0 radical (unpaired) electrons. The summed E-state index contributed by atoms with van der Waals surface area (Å²) in [5.74, 6) is -3.17. The van der Waals surface area contributed by atoms with Crippen LogP contribution in [0.25, 0.3) is 0 Å². The second-order valence-electron chi connectivity index (χ2n) is 5.97. The zero-order valence-corrected chi connectivity index (χ0v) is 16.1. The number of rotatable bonds is 11. The third-order valence-electron chi connectivity index (χ3n) is 3.71. The number of ketones is 1. The van der Waals surface area contributed by atoms with Crippen molar-refractivity contribution in [1.82, 2.24) is 10.6 Å². The van der Waals surface area contributed by atoms with Crippen LogP contribution in [-0.2, 0) is 25.6 Å². The number of carboxylic acid groups (broad SMARTS) is 1. The number of hydrogen-bond donors (Lipinski definition) is 3. The van der Waals surface area contributed by atoms with Gasteiger partial charge in [-0.05, 0) is 12.0 Å². The summed E-state index contributed by atoms with van der Waals surface area (Å²) in [4.78, 5) is 46.5. The van der Waals surface area contributed by atoms with E-state index in [-0.39, 0.29) is 29.9 Å². The minimum atomic E-state index is -1.30. The summed E-state index contributed by atoms with van der Waals surface area (Å²) >= 11 is 2.95. The highest BCUT2D eigenvalue weighted by atomic mass is 79.9. The second kappa shape index (κ2) is 11.4. The molecule has 7 nitrogen and oxygen atoms in total. The fraction of sp³-hybridized carbons (Fsp3) is 0.444. The van der Waals surface area contributed by atoms with Crippen molar-refractivity contribution in [3.8, 4) is 0 Å². The summed E-state index contributed by atoms with van der Waals surface area (Å²) in [7, 11) is 0. The molecule has 0 saturated carbocycles. The van der Waals surface area contributed by atoms with E-state index in [9.17, 15) is 19.2 Å². The van der Waals surface area contributed by atoms with Gasteiger partial charge >= 0.3 is 5.97 Å². The molecule has 0 aliphatic rings. The summed E-state index contributed by atoms with van der Waals surface area (Å²) in [6.45, 7) is 1.99. The molecular weight excluding hydrogens is 404 g/mol. The molecule has 2 unspecified atom stereocenters. The van der Waals surface area contributed by atoms with E-state index in [0.717, 1.165) is 5.56 Å². The van der Waals surface area contributed by atoms with Crippen molar-refractivity contribution in [2.45, 2.75) is 32.2 Å². The van der Waals surface area contributed by atoms with Gasteiger partial charge in [0, 0.05) is 25.3 Å². The van der Waals surface area contributed by atoms with Gasteiger partial charge in [0.05, 0.1) is 5.33 Å². The third kappa shape index (κ3) is 8.24. The summed E-state index contributed by atoms with van der Waals surface area (Å²) in [5.41, 5.74) is 1.10. The van der Waals surface area contributed by atoms with E-state index in [1.165, 1.54) is 6.92 Å². The summed E-state index contributed by atoms with van der Waals surface area (Å²) in [5, 5.41) is 14.2. The van der Waals surface area contributed by atoms with Gasteiger partial charge in [-0.3, -0.25) is 14.4 Å². The average Bonchev–Trinajstić information content (AvgIpc) is 2.61. The molecule has 26 heavy (non-hydrogen) atoms. The van der Waals surface area contributed by atoms with E-state index in [2.05, 4.69) is 26.6 Å². The Hall–Kier alpha value is -2.22. The molecule has 0 aliphatic heterocycles. The minimum absolute atomic E-state index is 0.0199. The standard InChI is InChI=1S/C18H23BrN2O5/c1-12(17(24)21-15(18(25)26)10-14(22)11-19)9-16(23)20-8-7-13-5-3-2-4-6-13/h2-6,12,15H,7-11H2,1H3,(H,20,23)(H,21,24)(H,25,26). The molecule has 2 atom stereocenters. The normalized spacial score (nSPS) is 12.7. The van der Waals surface area contributed by atoms with Crippen LogP contribution in [0.4, 0.5) is 0 Å². The lowest BCUT2D eigenvalue weighted by molar-refractivity contribution is -0.143. The first-order chi connectivity index (χ1) is 12.3. The number of Topliss-reactive ketones (excluding diaryl/α,β-unsaturated/α-hetero) is 1. The molecule has 8 heteroatoms. The van der Waals surface area contributed by atoms with Gasteiger partial charge < -0.3 is 15.7 Å². The Morgan fingerprint density at radius 3 is 2.35 bits per heavy atom. The summed E-state index contributed by atoms with van der Waals surface area (Å²) in [6.07, 6.45) is 0.324. The number of halogens is 1. The number of nitrogens with one attached hydrogen (secondary N) is 2. The molecule has 0 spiro atoms. The van der Waals surface area contributed by atoms with Gasteiger partial charge in [0.2, 0.25) is 11.8 Å². The average molecular weight is 427 g/mol. The number of carbonyl (C=O) groups is 4. The molecular formula is C18H23BrN2O5. The molecule has 1 rings (SSSR count). The van der Waals surface area contributed by atoms with Gasteiger partial charge in [0.15, 0.2) is 0 Å². The largest absolute Gasteiger partial charge is 0.480 e. The molecule has 0 aliphatic carbocycles. The first-order valence-corrected chi connectivity index (χ1v) is 9.37. The Kier molecular flexibility index (Phi) is 9.57. The SMILES string of the molecule is CC(CC(=O)NCCc1ccccc1)C(=O)NC(CC(=O)CBr)C(=O)O. The fourth-order valence-corrected chi connectivity index (χ4v) is 2.46. The Morgan fingerprint density at radius 2 is 1.77 bits per heavy atom. The Balaban J connectivity index is 2.40. The van der Waals surface area contributed by atoms with Crippen molar-refractivity contribution in [3.05, 3.63) is 35.9 Å². The summed E-state index contributed by atoms with van der Waals surface area (Å²) in [6, 6.07) is 8.38. The van der Waals surface area contributed by atoms with E-state index in [1.807, 2.05) is 30.3 Å². The predicted molar refractivity (Wildman–Crippen MR) is 99.9 cm³/mol. The van der Waals surface area contributed by atoms with E-state index in [0.29, 0.717) is 13.0 Å². The van der Waals surface area contributed by atoms with Crippen molar-refractivity contribution in [2.24, 2.45) is 5.92 Å². The van der Waals surface area contributed by atoms with E-state index in [4.69, 9.17) is 5.11 Å². The van der Waals surface area contributed by atoms with Gasteiger partial charge in [0.1, 0.15) is 11.8 Å². The molecule has 0 bridgehead atoms. The molecule has 1 aromatic rings. The van der Waals surface area contributed by atoms with Crippen LogP contribution in [-0.4, -0.2) is 46.6 Å².